The molecule has 1 atom stereocenters. The Balaban J connectivity index is 1.49. The van der Waals surface area contributed by atoms with Gasteiger partial charge in [-0.1, -0.05) is 12.1 Å². The second-order valence-electron chi connectivity index (χ2n) is 6.63. The van der Waals surface area contributed by atoms with Crippen molar-refractivity contribution in [2.45, 2.75) is 12.5 Å². The van der Waals surface area contributed by atoms with Gasteiger partial charge < -0.3 is 24.6 Å². The van der Waals surface area contributed by atoms with Crippen LogP contribution in [0.15, 0.2) is 42.5 Å². The van der Waals surface area contributed by atoms with E-state index in [1.54, 1.807) is 37.3 Å². The van der Waals surface area contributed by atoms with Crippen LogP contribution < -0.4 is 19.7 Å². The Morgan fingerprint density at radius 3 is 2.85 bits per heavy atom. The number of rotatable bonds is 3. The minimum atomic E-state index is -0.167. The van der Waals surface area contributed by atoms with Gasteiger partial charge in [0, 0.05) is 19.3 Å². The molecule has 0 unspecified atom stereocenters. The topological polar surface area (TPSA) is 71.1 Å². The highest BCUT2D eigenvalue weighted by Crippen LogP contribution is 2.36. The number of likely N-dealkylation sites (tertiary alicyclic amines) is 1. The molecule has 2 aromatic rings. The maximum atomic E-state index is 12.7. The van der Waals surface area contributed by atoms with E-state index in [1.165, 1.54) is 4.90 Å². The number of anilines is 2. The number of nitrogens with zero attached hydrogens (tertiary/aromatic N) is 2. The highest BCUT2D eigenvalue weighted by Gasteiger charge is 2.34. The lowest BCUT2D eigenvalue weighted by molar-refractivity contribution is -0.120. The summed E-state index contributed by atoms with van der Waals surface area (Å²) in [6.07, 6.45) is 0.913. The van der Waals surface area contributed by atoms with Crippen LogP contribution in [0.3, 0.4) is 0 Å². The first-order valence-corrected chi connectivity index (χ1v) is 8.82. The Morgan fingerprint density at radius 1 is 1.26 bits per heavy atom. The van der Waals surface area contributed by atoms with Gasteiger partial charge in [0.15, 0.2) is 6.61 Å². The summed E-state index contributed by atoms with van der Waals surface area (Å²) in [4.78, 5) is 27.9. The van der Waals surface area contributed by atoms with Gasteiger partial charge in [0.1, 0.15) is 11.5 Å². The van der Waals surface area contributed by atoms with Crippen LogP contribution in [-0.2, 0) is 4.79 Å². The lowest BCUT2D eigenvalue weighted by Crippen LogP contribution is -2.47. The lowest BCUT2D eigenvalue weighted by Gasteiger charge is -2.41. The summed E-state index contributed by atoms with van der Waals surface area (Å²) in [5, 5.41) is 2.92. The SMILES string of the molecule is COc1cccc([C@H]2CCN2C(=O)Nc2ccc3c(c2)N(C)C(=O)CO3)c1. The zero-order chi connectivity index (χ0) is 19.0. The molecule has 0 saturated carbocycles. The first-order chi connectivity index (χ1) is 13.1. The molecule has 0 aliphatic carbocycles. The average Bonchev–Trinajstić information content (AvgIpc) is 2.64. The van der Waals surface area contributed by atoms with E-state index in [-0.39, 0.29) is 24.6 Å². The zero-order valence-corrected chi connectivity index (χ0v) is 15.3. The van der Waals surface area contributed by atoms with Gasteiger partial charge in [-0.3, -0.25) is 4.79 Å². The molecule has 7 nitrogen and oxygen atoms in total. The van der Waals surface area contributed by atoms with Crippen LogP contribution >= 0.6 is 0 Å². The van der Waals surface area contributed by atoms with Crippen molar-refractivity contribution in [3.05, 3.63) is 48.0 Å². The van der Waals surface area contributed by atoms with Crippen LogP contribution in [0.5, 0.6) is 11.5 Å². The summed E-state index contributed by atoms with van der Waals surface area (Å²) in [6, 6.07) is 12.9. The third-order valence-electron chi connectivity index (χ3n) is 5.06. The van der Waals surface area contributed by atoms with Crippen molar-refractivity contribution in [2.75, 3.05) is 37.5 Å². The van der Waals surface area contributed by atoms with Crippen LogP contribution in [0, 0.1) is 0 Å². The van der Waals surface area contributed by atoms with E-state index in [0.29, 0.717) is 23.7 Å². The fraction of sp³-hybridized carbons (Fsp3) is 0.300. The van der Waals surface area contributed by atoms with Crippen LogP contribution in [0.4, 0.5) is 16.2 Å². The minimum Gasteiger partial charge on any atom is -0.497 e. The molecule has 3 amide bonds. The minimum absolute atomic E-state index is 0.0327. The van der Waals surface area contributed by atoms with Gasteiger partial charge in [-0.05, 0) is 42.3 Å². The zero-order valence-electron chi connectivity index (χ0n) is 15.3. The second kappa shape index (κ2) is 6.83. The van der Waals surface area contributed by atoms with Crippen molar-refractivity contribution >= 4 is 23.3 Å². The number of hydrogen-bond acceptors (Lipinski definition) is 4. The summed E-state index contributed by atoms with van der Waals surface area (Å²) >= 11 is 0. The van der Waals surface area contributed by atoms with Gasteiger partial charge in [0.05, 0.1) is 18.8 Å². The molecule has 2 heterocycles. The Morgan fingerprint density at radius 2 is 2.11 bits per heavy atom. The summed E-state index contributed by atoms with van der Waals surface area (Å²) < 4.78 is 10.7. The Bertz CT molecular complexity index is 899. The van der Waals surface area contributed by atoms with Crippen molar-refractivity contribution in [1.82, 2.24) is 4.90 Å². The quantitative estimate of drug-likeness (QED) is 0.905. The number of amides is 3. The summed E-state index contributed by atoms with van der Waals surface area (Å²) in [7, 11) is 3.33. The molecule has 7 heteroatoms. The summed E-state index contributed by atoms with van der Waals surface area (Å²) in [5.74, 6) is 1.29. The molecule has 0 bridgehead atoms. The van der Waals surface area contributed by atoms with Gasteiger partial charge in [0.2, 0.25) is 0 Å². The average molecular weight is 367 g/mol. The van der Waals surface area contributed by atoms with Crippen molar-refractivity contribution in [2.24, 2.45) is 0 Å². The standard InChI is InChI=1S/C20H21N3O4/c1-22-17-11-14(6-7-18(17)27-12-19(22)24)21-20(25)23-9-8-16(23)13-4-3-5-15(10-13)26-2/h3-7,10-11,16H,8-9,12H2,1-2H3,(H,21,25)/t16-/m1/s1. The number of likely N-dealkylation sites (N-methyl/N-ethyl adjacent to an activating group) is 1. The van der Waals surface area contributed by atoms with E-state index in [1.807, 2.05) is 24.3 Å². The fourth-order valence-corrected chi connectivity index (χ4v) is 3.37. The maximum Gasteiger partial charge on any atom is 0.322 e. The number of methoxy groups -OCH3 is 1. The highest BCUT2D eigenvalue weighted by atomic mass is 16.5. The molecule has 2 aliphatic rings. The molecule has 1 saturated heterocycles. The van der Waals surface area contributed by atoms with E-state index in [2.05, 4.69) is 5.32 Å². The molecule has 0 aromatic heterocycles. The Labute approximate surface area is 157 Å². The number of benzene rings is 2. The molecule has 1 fully saturated rings. The van der Waals surface area contributed by atoms with Gasteiger partial charge in [0.25, 0.3) is 5.91 Å². The number of carbonyl (C=O) groups is 2. The smallest absolute Gasteiger partial charge is 0.322 e. The first kappa shape index (κ1) is 17.2. The molecular formula is C20H21N3O4. The van der Waals surface area contributed by atoms with Gasteiger partial charge in [-0.25, -0.2) is 4.79 Å². The number of ether oxygens (including phenoxy) is 2. The molecule has 27 heavy (non-hydrogen) atoms. The van der Waals surface area contributed by atoms with Crippen molar-refractivity contribution in [3.8, 4) is 11.5 Å². The predicted molar refractivity (Wildman–Crippen MR) is 101 cm³/mol. The molecular weight excluding hydrogens is 346 g/mol. The van der Waals surface area contributed by atoms with Gasteiger partial charge >= 0.3 is 6.03 Å². The van der Waals surface area contributed by atoms with Crippen LogP contribution in [0.2, 0.25) is 0 Å². The van der Waals surface area contributed by atoms with Crippen LogP contribution in [-0.4, -0.2) is 44.1 Å². The summed E-state index contributed by atoms with van der Waals surface area (Å²) in [6.45, 7) is 0.728. The summed E-state index contributed by atoms with van der Waals surface area (Å²) in [5.41, 5.74) is 2.33. The highest BCUT2D eigenvalue weighted by molar-refractivity contribution is 5.99. The maximum absolute atomic E-state index is 12.7. The van der Waals surface area contributed by atoms with Gasteiger partial charge in [-0.2, -0.15) is 0 Å². The molecule has 2 aliphatic heterocycles. The Kier molecular flexibility index (Phi) is 4.35. The van der Waals surface area contributed by atoms with Crippen LogP contribution in [0.25, 0.3) is 0 Å². The molecule has 1 N–H and O–H groups in total. The molecule has 0 radical (unpaired) electrons. The molecule has 0 spiro atoms. The first-order valence-electron chi connectivity index (χ1n) is 8.82. The fourth-order valence-electron chi connectivity index (χ4n) is 3.37. The van der Waals surface area contributed by atoms with Crippen molar-refractivity contribution in [1.29, 1.82) is 0 Å². The lowest BCUT2D eigenvalue weighted by atomic mass is 9.95. The monoisotopic (exact) mass is 367 g/mol. The molecule has 2 aromatic carbocycles. The molecule has 4 rings (SSSR count). The van der Waals surface area contributed by atoms with Crippen LogP contribution in [0.1, 0.15) is 18.0 Å². The second-order valence-corrected chi connectivity index (χ2v) is 6.63. The largest absolute Gasteiger partial charge is 0.497 e. The third kappa shape index (κ3) is 3.16. The van der Waals surface area contributed by atoms with E-state index in [4.69, 9.17) is 9.47 Å². The number of fused-ring (bicyclic) bond motifs is 1. The number of urea groups is 1. The van der Waals surface area contributed by atoms with E-state index in [0.717, 1.165) is 17.7 Å². The predicted octanol–water partition coefficient (Wildman–Crippen LogP) is 3.03. The van der Waals surface area contributed by atoms with Crippen molar-refractivity contribution < 1.29 is 19.1 Å². The van der Waals surface area contributed by atoms with E-state index in [9.17, 15) is 9.59 Å². The Hall–Kier alpha value is -3.22. The third-order valence-corrected chi connectivity index (χ3v) is 5.06. The normalized spacial score (nSPS) is 18.3. The van der Waals surface area contributed by atoms with Gasteiger partial charge in [-0.15, -0.1) is 0 Å². The number of hydrogen-bond donors (Lipinski definition) is 1. The van der Waals surface area contributed by atoms with E-state index < -0.39 is 0 Å². The molecule has 140 valence electrons. The van der Waals surface area contributed by atoms with Crippen molar-refractivity contribution in [3.63, 3.8) is 0 Å². The van der Waals surface area contributed by atoms with E-state index >= 15 is 0 Å². The number of carbonyl (C=O) groups excluding carboxylic acids is 2. The number of nitrogens with one attached hydrogen (secondary N) is 1.